The molecule has 0 aliphatic heterocycles. The third-order valence-electron chi connectivity index (χ3n) is 3.62. The highest BCUT2D eigenvalue weighted by molar-refractivity contribution is 5.86. The van der Waals surface area contributed by atoms with Gasteiger partial charge in [-0.2, -0.15) is 0 Å². The van der Waals surface area contributed by atoms with Crippen molar-refractivity contribution in [3.05, 3.63) is 29.3 Å². The first-order chi connectivity index (χ1) is 10.1. The van der Waals surface area contributed by atoms with Gasteiger partial charge in [0.25, 0.3) is 0 Å². The summed E-state index contributed by atoms with van der Waals surface area (Å²) in [7, 11) is 2.98. The van der Waals surface area contributed by atoms with Crippen LogP contribution in [-0.4, -0.2) is 26.0 Å². The van der Waals surface area contributed by atoms with Gasteiger partial charge in [-0.15, -0.1) is 0 Å². The standard InChI is InChI=1S/C15H18O4.C2H6/c1-18-13-5-3-10-7-12(9-15(17)19-2)14(16)6-4-11(10)8-13;1-2/h3,5,8,12H,4,6-7,9H2,1-2H3;1-2H3. The molecule has 1 unspecified atom stereocenters. The summed E-state index contributed by atoms with van der Waals surface area (Å²) in [5, 5.41) is 0. The first kappa shape index (κ1) is 17.2. The van der Waals surface area contributed by atoms with Gasteiger partial charge in [-0.05, 0) is 36.1 Å². The predicted molar refractivity (Wildman–Crippen MR) is 81.5 cm³/mol. The van der Waals surface area contributed by atoms with Crippen molar-refractivity contribution in [1.29, 1.82) is 0 Å². The Morgan fingerprint density at radius 2 is 1.90 bits per heavy atom. The molecule has 0 radical (unpaired) electrons. The fourth-order valence-electron chi connectivity index (χ4n) is 2.47. The molecule has 0 N–H and O–H groups in total. The van der Waals surface area contributed by atoms with Crippen molar-refractivity contribution in [3.8, 4) is 5.75 Å². The third kappa shape index (κ3) is 4.59. The van der Waals surface area contributed by atoms with Crippen molar-refractivity contribution in [2.24, 2.45) is 5.92 Å². The summed E-state index contributed by atoms with van der Waals surface area (Å²) in [6, 6.07) is 5.85. The van der Waals surface area contributed by atoms with Crippen LogP contribution in [0.2, 0.25) is 0 Å². The van der Waals surface area contributed by atoms with Gasteiger partial charge < -0.3 is 9.47 Å². The Morgan fingerprint density at radius 1 is 1.19 bits per heavy atom. The number of aryl methyl sites for hydroxylation is 1. The monoisotopic (exact) mass is 292 g/mol. The number of esters is 1. The van der Waals surface area contributed by atoms with E-state index in [1.54, 1.807) is 7.11 Å². The lowest BCUT2D eigenvalue weighted by Gasteiger charge is -2.12. The summed E-state index contributed by atoms with van der Waals surface area (Å²) in [5.41, 5.74) is 2.26. The Balaban J connectivity index is 0.00000106. The fraction of sp³-hybridized carbons (Fsp3) is 0.529. The second kappa shape index (κ2) is 8.45. The minimum absolute atomic E-state index is 0.139. The molecule has 0 amide bonds. The number of hydrogen-bond donors (Lipinski definition) is 0. The molecule has 4 heteroatoms. The van der Waals surface area contributed by atoms with Gasteiger partial charge in [0.05, 0.1) is 20.6 Å². The summed E-state index contributed by atoms with van der Waals surface area (Å²) in [4.78, 5) is 23.4. The van der Waals surface area contributed by atoms with E-state index < -0.39 is 0 Å². The molecule has 21 heavy (non-hydrogen) atoms. The molecule has 1 aromatic carbocycles. The summed E-state index contributed by atoms with van der Waals surface area (Å²) < 4.78 is 9.85. The second-order valence-electron chi connectivity index (χ2n) is 4.78. The highest BCUT2D eigenvalue weighted by Gasteiger charge is 2.26. The minimum atomic E-state index is -0.324. The third-order valence-corrected chi connectivity index (χ3v) is 3.62. The fourth-order valence-corrected chi connectivity index (χ4v) is 2.47. The van der Waals surface area contributed by atoms with Gasteiger partial charge in [-0.3, -0.25) is 9.59 Å². The van der Waals surface area contributed by atoms with Gasteiger partial charge in [0.2, 0.25) is 0 Å². The molecule has 0 aromatic heterocycles. The largest absolute Gasteiger partial charge is 0.497 e. The number of ether oxygens (including phenoxy) is 2. The number of methoxy groups -OCH3 is 2. The van der Waals surface area contributed by atoms with Gasteiger partial charge in [-0.25, -0.2) is 0 Å². The Bertz CT molecular complexity index is 494. The van der Waals surface area contributed by atoms with Crippen molar-refractivity contribution in [2.45, 2.75) is 39.5 Å². The predicted octanol–water partition coefficient (Wildman–Crippen LogP) is 2.96. The summed E-state index contributed by atoms with van der Waals surface area (Å²) in [6.45, 7) is 4.00. The van der Waals surface area contributed by atoms with E-state index >= 15 is 0 Å². The summed E-state index contributed by atoms with van der Waals surface area (Å²) >= 11 is 0. The summed E-state index contributed by atoms with van der Waals surface area (Å²) in [5.74, 6) is 0.357. The minimum Gasteiger partial charge on any atom is -0.497 e. The number of hydrogen-bond acceptors (Lipinski definition) is 4. The van der Waals surface area contributed by atoms with Gasteiger partial charge in [0.15, 0.2) is 0 Å². The lowest BCUT2D eigenvalue weighted by atomic mass is 9.93. The van der Waals surface area contributed by atoms with Crippen molar-refractivity contribution in [1.82, 2.24) is 0 Å². The van der Waals surface area contributed by atoms with Crippen LogP contribution in [0.4, 0.5) is 0 Å². The maximum atomic E-state index is 12.0. The second-order valence-corrected chi connectivity index (χ2v) is 4.78. The average Bonchev–Trinajstić information content (AvgIpc) is 2.68. The van der Waals surface area contributed by atoms with E-state index in [2.05, 4.69) is 4.74 Å². The quantitative estimate of drug-likeness (QED) is 0.635. The zero-order valence-electron chi connectivity index (χ0n) is 13.3. The Hall–Kier alpha value is -1.84. The molecule has 116 valence electrons. The van der Waals surface area contributed by atoms with Crippen LogP contribution >= 0.6 is 0 Å². The Morgan fingerprint density at radius 3 is 2.52 bits per heavy atom. The number of benzene rings is 1. The molecule has 0 saturated heterocycles. The van der Waals surface area contributed by atoms with Crippen molar-refractivity contribution < 1.29 is 19.1 Å². The molecule has 0 saturated carbocycles. The van der Waals surface area contributed by atoms with E-state index in [-0.39, 0.29) is 24.1 Å². The molecule has 0 bridgehead atoms. The van der Waals surface area contributed by atoms with E-state index in [1.807, 2.05) is 32.0 Å². The number of ketones is 1. The van der Waals surface area contributed by atoms with Crippen LogP contribution in [0.25, 0.3) is 0 Å². The Kier molecular flexibility index (Phi) is 6.92. The molecule has 1 aliphatic rings. The molecule has 1 aliphatic carbocycles. The SMILES string of the molecule is CC.COC(=O)CC1Cc2ccc(OC)cc2CCC1=O. The zero-order valence-corrected chi connectivity index (χ0v) is 13.3. The van der Waals surface area contributed by atoms with E-state index in [0.717, 1.165) is 16.9 Å². The number of carbonyl (C=O) groups excluding carboxylic acids is 2. The van der Waals surface area contributed by atoms with Crippen molar-refractivity contribution in [2.75, 3.05) is 14.2 Å². The van der Waals surface area contributed by atoms with Crippen LogP contribution in [0.3, 0.4) is 0 Å². The maximum Gasteiger partial charge on any atom is 0.306 e. The van der Waals surface area contributed by atoms with Crippen LogP contribution in [0.1, 0.15) is 37.8 Å². The smallest absolute Gasteiger partial charge is 0.306 e. The zero-order chi connectivity index (χ0) is 15.8. The highest BCUT2D eigenvalue weighted by atomic mass is 16.5. The Labute approximate surface area is 126 Å². The average molecular weight is 292 g/mol. The van der Waals surface area contributed by atoms with Crippen molar-refractivity contribution >= 4 is 11.8 Å². The van der Waals surface area contributed by atoms with Crippen LogP contribution in [0.5, 0.6) is 5.75 Å². The van der Waals surface area contributed by atoms with E-state index in [1.165, 1.54) is 7.11 Å². The van der Waals surface area contributed by atoms with Gasteiger partial charge in [-0.1, -0.05) is 19.9 Å². The lowest BCUT2D eigenvalue weighted by Crippen LogP contribution is -2.20. The topological polar surface area (TPSA) is 52.6 Å². The number of Topliss-reactive ketones (excluding diaryl/α,β-unsaturated/α-hetero) is 1. The van der Waals surface area contributed by atoms with E-state index in [9.17, 15) is 9.59 Å². The molecule has 0 spiro atoms. The number of rotatable bonds is 3. The van der Waals surface area contributed by atoms with Crippen LogP contribution in [0.15, 0.2) is 18.2 Å². The van der Waals surface area contributed by atoms with Gasteiger partial charge >= 0.3 is 5.97 Å². The summed E-state index contributed by atoms with van der Waals surface area (Å²) in [6.07, 6.45) is 1.96. The maximum absolute atomic E-state index is 12.0. The molecule has 4 nitrogen and oxygen atoms in total. The molecule has 1 aromatic rings. The van der Waals surface area contributed by atoms with Gasteiger partial charge in [0, 0.05) is 12.3 Å². The lowest BCUT2D eigenvalue weighted by molar-refractivity contribution is -0.143. The molecular weight excluding hydrogens is 268 g/mol. The molecule has 0 heterocycles. The van der Waals surface area contributed by atoms with E-state index in [4.69, 9.17) is 4.74 Å². The van der Waals surface area contributed by atoms with Crippen LogP contribution in [0, 0.1) is 5.92 Å². The number of fused-ring (bicyclic) bond motifs is 1. The first-order valence-electron chi connectivity index (χ1n) is 7.39. The molecule has 2 rings (SSSR count). The highest BCUT2D eigenvalue weighted by Crippen LogP contribution is 2.27. The van der Waals surface area contributed by atoms with Crippen molar-refractivity contribution in [3.63, 3.8) is 0 Å². The molecule has 0 fully saturated rings. The molecular formula is C17H24O4. The normalized spacial score (nSPS) is 17.0. The van der Waals surface area contributed by atoms with Crippen LogP contribution in [-0.2, 0) is 27.2 Å². The van der Waals surface area contributed by atoms with Gasteiger partial charge in [0.1, 0.15) is 11.5 Å². The molecule has 1 atom stereocenters. The number of carbonyl (C=O) groups is 2. The van der Waals surface area contributed by atoms with E-state index in [0.29, 0.717) is 19.3 Å². The first-order valence-corrected chi connectivity index (χ1v) is 7.39. The van der Waals surface area contributed by atoms with Crippen LogP contribution < -0.4 is 4.74 Å².